The van der Waals surface area contributed by atoms with E-state index in [1.165, 1.54) is 42.2 Å². The van der Waals surface area contributed by atoms with Gasteiger partial charge >= 0.3 is 12.1 Å². The molecule has 0 fully saturated rings. The maximum absolute atomic E-state index is 12.9. The maximum atomic E-state index is 12.9. The number of furan rings is 1. The van der Waals surface area contributed by atoms with Gasteiger partial charge in [0.15, 0.2) is 5.65 Å². The molecule has 0 radical (unpaired) electrons. The minimum Gasteiger partial charge on any atom is -0.497 e. The number of carbonyl (C=O) groups is 2. The predicted octanol–water partition coefficient (Wildman–Crippen LogP) is 3.11. The Morgan fingerprint density at radius 1 is 1.21 bits per heavy atom. The number of esters is 1. The molecule has 0 aliphatic heterocycles. The second kappa shape index (κ2) is 9.02. The quantitative estimate of drug-likeness (QED) is 0.318. The summed E-state index contributed by atoms with van der Waals surface area (Å²) < 4.78 is 59.7. The zero-order valence-electron chi connectivity index (χ0n) is 17.8. The van der Waals surface area contributed by atoms with Crippen molar-refractivity contribution in [3.63, 3.8) is 0 Å². The first kappa shape index (κ1) is 23.0. The van der Waals surface area contributed by atoms with Crippen LogP contribution >= 0.6 is 0 Å². The lowest BCUT2D eigenvalue weighted by molar-refractivity contribution is -0.283. The Labute approximate surface area is 189 Å². The molecule has 13 heteroatoms. The van der Waals surface area contributed by atoms with E-state index in [2.05, 4.69) is 24.9 Å². The number of amides is 1. The summed E-state index contributed by atoms with van der Waals surface area (Å²) in [5, 5.41) is 7.05. The Morgan fingerprint density at radius 3 is 2.71 bits per heavy atom. The van der Waals surface area contributed by atoms with E-state index in [0.29, 0.717) is 11.0 Å². The van der Waals surface area contributed by atoms with Gasteiger partial charge in [0.2, 0.25) is 0 Å². The number of aromatic nitrogens is 3. The molecule has 1 N–H and O–H groups in total. The molecule has 178 valence electrons. The van der Waals surface area contributed by atoms with Crippen molar-refractivity contribution in [2.45, 2.75) is 19.0 Å². The first-order valence-corrected chi connectivity index (χ1v) is 9.68. The van der Waals surface area contributed by atoms with Crippen LogP contribution in [0.2, 0.25) is 0 Å². The number of carbonyl (C=O) groups excluding carboxylic acids is 2. The molecule has 3 aromatic heterocycles. The number of alkyl halides is 3. The molecule has 0 bridgehead atoms. The normalized spacial score (nSPS) is 12.6. The van der Waals surface area contributed by atoms with Gasteiger partial charge in [0.1, 0.15) is 28.2 Å². The van der Waals surface area contributed by atoms with Crippen molar-refractivity contribution >= 4 is 28.5 Å². The number of benzene rings is 1. The van der Waals surface area contributed by atoms with E-state index in [0.717, 1.165) is 7.11 Å². The number of nitrogens with one attached hydrogen (secondary N) is 1. The molecular weight excluding hydrogens is 461 g/mol. The van der Waals surface area contributed by atoms with Gasteiger partial charge in [-0.15, -0.1) is 0 Å². The molecule has 0 aliphatic rings. The van der Waals surface area contributed by atoms with Crippen LogP contribution in [0.1, 0.15) is 26.5 Å². The molecule has 4 rings (SSSR count). The van der Waals surface area contributed by atoms with Crippen LogP contribution in [-0.4, -0.2) is 53.2 Å². The van der Waals surface area contributed by atoms with Crippen LogP contribution in [-0.2, 0) is 16.0 Å². The fourth-order valence-electron chi connectivity index (χ4n) is 3.19. The van der Waals surface area contributed by atoms with E-state index >= 15 is 0 Å². The van der Waals surface area contributed by atoms with E-state index in [4.69, 9.17) is 9.15 Å². The summed E-state index contributed by atoms with van der Waals surface area (Å²) in [6.45, 7) is -0.0856. The summed E-state index contributed by atoms with van der Waals surface area (Å²) in [6, 6.07) is 5.88. The summed E-state index contributed by atoms with van der Waals surface area (Å²) in [4.78, 5) is 29.2. The van der Waals surface area contributed by atoms with Gasteiger partial charge in [0, 0.05) is 24.9 Å². The zero-order chi connectivity index (χ0) is 24.5. The van der Waals surface area contributed by atoms with Gasteiger partial charge in [0.25, 0.3) is 12.2 Å². The van der Waals surface area contributed by atoms with Crippen LogP contribution in [0.25, 0.3) is 16.6 Å². The van der Waals surface area contributed by atoms with Gasteiger partial charge in [-0.2, -0.15) is 18.3 Å². The number of hydrogen-bond donors (Lipinski definition) is 1. The molecule has 0 saturated heterocycles. The molecule has 10 nitrogen and oxygen atoms in total. The van der Waals surface area contributed by atoms with Crippen molar-refractivity contribution in [1.29, 1.82) is 0 Å². The first-order valence-electron chi connectivity index (χ1n) is 9.68. The number of fused-ring (bicyclic) bond motifs is 2. The van der Waals surface area contributed by atoms with Crippen LogP contribution in [0.15, 0.2) is 47.3 Å². The molecule has 1 unspecified atom stereocenters. The van der Waals surface area contributed by atoms with Gasteiger partial charge < -0.3 is 23.9 Å². The highest BCUT2D eigenvalue weighted by atomic mass is 19.4. The SMILES string of the molecule is COc1cc(C(=O)OC(OC)C(F)(F)F)c2oc(CNC(=O)c3cnn4cccnc34)cc2c1. The van der Waals surface area contributed by atoms with E-state index in [-0.39, 0.29) is 34.8 Å². The van der Waals surface area contributed by atoms with Crippen molar-refractivity contribution in [2.75, 3.05) is 14.2 Å². The van der Waals surface area contributed by atoms with Crippen molar-refractivity contribution in [3.8, 4) is 5.75 Å². The lowest BCUT2D eigenvalue weighted by atomic mass is 10.1. The van der Waals surface area contributed by atoms with Crippen molar-refractivity contribution in [3.05, 3.63) is 59.7 Å². The third-order valence-corrected chi connectivity index (χ3v) is 4.74. The van der Waals surface area contributed by atoms with Gasteiger partial charge in [-0.25, -0.2) is 14.3 Å². The first-order chi connectivity index (χ1) is 16.2. The Bertz CT molecular complexity index is 1360. The standard InChI is InChI=1S/C21H17F3N4O6/c1-31-12-6-11-7-13(9-26-18(29)15-10-27-28-5-3-4-25-17(15)28)33-16(11)14(8-12)19(30)34-20(32-2)21(22,23)24/h3-8,10,20H,9H2,1-2H3,(H,26,29). The predicted molar refractivity (Wildman–Crippen MR) is 109 cm³/mol. The molecule has 1 atom stereocenters. The number of hydrogen-bond acceptors (Lipinski definition) is 8. The van der Waals surface area contributed by atoms with E-state index in [1.807, 2.05) is 0 Å². The third kappa shape index (κ3) is 4.50. The summed E-state index contributed by atoms with van der Waals surface area (Å²) >= 11 is 0. The van der Waals surface area contributed by atoms with Crippen LogP contribution in [0.5, 0.6) is 5.75 Å². The average Bonchev–Trinajstić information content (AvgIpc) is 3.43. The smallest absolute Gasteiger partial charge is 0.452 e. The number of ether oxygens (including phenoxy) is 3. The van der Waals surface area contributed by atoms with Crippen LogP contribution in [0, 0.1) is 0 Å². The molecule has 1 aromatic carbocycles. The van der Waals surface area contributed by atoms with Crippen LogP contribution in [0.4, 0.5) is 13.2 Å². The van der Waals surface area contributed by atoms with E-state index in [9.17, 15) is 22.8 Å². The third-order valence-electron chi connectivity index (χ3n) is 4.74. The number of nitrogens with zero attached hydrogens (tertiary/aromatic N) is 3. The molecule has 4 aromatic rings. The number of rotatable bonds is 7. The highest BCUT2D eigenvalue weighted by molar-refractivity contribution is 6.03. The van der Waals surface area contributed by atoms with Crippen molar-refractivity contribution in [2.24, 2.45) is 0 Å². The molecule has 3 heterocycles. The number of halogens is 3. The Hall–Kier alpha value is -4.13. The molecule has 0 aliphatic carbocycles. The highest BCUT2D eigenvalue weighted by Gasteiger charge is 2.44. The monoisotopic (exact) mass is 478 g/mol. The molecule has 1 amide bonds. The summed E-state index contributed by atoms with van der Waals surface area (Å²) in [6.07, 6.45) is -3.15. The Balaban J connectivity index is 1.58. The minimum absolute atomic E-state index is 0.0373. The van der Waals surface area contributed by atoms with Gasteiger partial charge in [-0.1, -0.05) is 0 Å². The zero-order valence-corrected chi connectivity index (χ0v) is 17.8. The fraction of sp³-hybridized carbons (Fsp3) is 0.238. The van der Waals surface area contributed by atoms with E-state index in [1.54, 1.807) is 12.3 Å². The number of methoxy groups -OCH3 is 2. The molecule has 0 saturated carbocycles. The van der Waals surface area contributed by atoms with Crippen LogP contribution < -0.4 is 10.1 Å². The Morgan fingerprint density at radius 2 is 2.00 bits per heavy atom. The van der Waals surface area contributed by atoms with Crippen molar-refractivity contribution < 1.29 is 41.4 Å². The lowest BCUT2D eigenvalue weighted by Crippen LogP contribution is -2.35. The van der Waals surface area contributed by atoms with Crippen molar-refractivity contribution in [1.82, 2.24) is 19.9 Å². The van der Waals surface area contributed by atoms with Gasteiger partial charge in [-0.05, 0) is 24.3 Å². The Kier molecular flexibility index (Phi) is 6.11. The second-order valence-electron chi connectivity index (χ2n) is 6.95. The fourth-order valence-corrected chi connectivity index (χ4v) is 3.19. The highest BCUT2D eigenvalue weighted by Crippen LogP contribution is 2.31. The molecular formula is C21H17F3N4O6. The summed E-state index contributed by atoms with van der Waals surface area (Å²) in [5.74, 6) is -1.38. The van der Waals surface area contributed by atoms with Gasteiger partial charge in [0.05, 0.1) is 19.9 Å². The summed E-state index contributed by atoms with van der Waals surface area (Å²) in [7, 11) is 2.09. The molecule has 34 heavy (non-hydrogen) atoms. The topological polar surface area (TPSA) is 117 Å². The average molecular weight is 478 g/mol. The van der Waals surface area contributed by atoms with Crippen LogP contribution in [0.3, 0.4) is 0 Å². The minimum atomic E-state index is -4.92. The lowest BCUT2D eigenvalue weighted by Gasteiger charge is -2.18. The second-order valence-corrected chi connectivity index (χ2v) is 6.95. The van der Waals surface area contributed by atoms with Gasteiger partial charge in [-0.3, -0.25) is 4.79 Å². The molecule has 0 spiro atoms. The van der Waals surface area contributed by atoms with E-state index < -0.39 is 24.3 Å². The maximum Gasteiger partial charge on any atom is 0.452 e. The summed E-state index contributed by atoms with van der Waals surface area (Å²) in [5.41, 5.74) is 0.256. The largest absolute Gasteiger partial charge is 0.497 e.